The minimum atomic E-state index is -4.52. The highest BCUT2D eigenvalue weighted by molar-refractivity contribution is 6.05. The number of alkyl halides is 3. The lowest BCUT2D eigenvalue weighted by Crippen LogP contribution is -2.15. The molecule has 0 atom stereocenters. The number of benzene rings is 1. The van der Waals surface area contributed by atoms with Crippen LogP contribution >= 0.6 is 0 Å². The summed E-state index contributed by atoms with van der Waals surface area (Å²) < 4.78 is 41.4. The third kappa shape index (κ3) is 3.54. The van der Waals surface area contributed by atoms with Crippen molar-refractivity contribution in [2.24, 2.45) is 0 Å². The van der Waals surface area contributed by atoms with Gasteiger partial charge in [-0.15, -0.1) is 0 Å². The van der Waals surface area contributed by atoms with Gasteiger partial charge in [0.1, 0.15) is 11.4 Å². The van der Waals surface area contributed by atoms with Crippen molar-refractivity contribution in [2.45, 2.75) is 13.1 Å². The summed E-state index contributed by atoms with van der Waals surface area (Å²) in [5, 5.41) is 6.77. The number of anilines is 1. The zero-order valence-corrected chi connectivity index (χ0v) is 15.1. The molecule has 0 bridgehead atoms. The van der Waals surface area contributed by atoms with Crippen LogP contribution in [0, 0.1) is 6.92 Å². The first-order chi connectivity index (χ1) is 13.8. The maximum absolute atomic E-state index is 13.4. The minimum Gasteiger partial charge on any atom is -0.316 e. The second-order valence-corrected chi connectivity index (χ2v) is 6.31. The van der Waals surface area contributed by atoms with Gasteiger partial charge in [-0.25, -0.2) is 9.50 Å². The number of rotatable bonds is 3. The first-order valence-corrected chi connectivity index (χ1v) is 8.58. The van der Waals surface area contributed by atoms with E-state index in [4.69, 9.17) is 0 Å². The van der Waals surface area contributed by atoms with Gasteiger partial charge in [-0.2, -0.15) is 18.3 Å². The van der Waals surface area contributed by atoms with Gasteiger partial charge in [0.25, 0.3) is 5.91 Å². The number of amides is 1. The normalized spacial score (nSPS) is 11.6. The summed E-state index contributed by atoms with van der Waals surface area (Å²) in [5.41, 5.74) is 0.704. The highest BCUT2D eigenvalue weighted by Crippen LogP contribution is 2.36. The Kier molecular flexibility index (Phi) is 4.50. The van der Waals surface area contributed by atoms with E-state index in [-0.39, 0.29) is 28.3 Å². The summed E-state index contributed by atoms with van der Waals surface area (Å²) in [6, 6.07) is 10.1. The molecule has 0 saturated heterocycles. The van der Waals surface area contributed by atoms with Crippen LogP contribution in [0.5, 0.6) is 0 Å². The minimum absolute atomic E-state index is 0.0541. The van der Waals surface area contributed by atoms with E-state index in [0.717, 1.165) is 6.07 Å². The van der Waals surface area contributed by atoms with Gasteiger partial charge in [0, 0.05) is 18.0 Å². The van der Waals surface area contributed by atoms with Crippen LogP contribution in [0.4, 0.5) is 18.9 Å². The topological polar surface area (TPSA) is 72.2 Å². The van der Waals surface area contributed by atoms with E-state index in [1.54, 1.807) is 19.1 Å². The molecule has 0 aliphatic rings. The Morgan fingerprint density at radius 3 is 2.66 bits per heavy atom. The molecule has 0 radical (unpaired) electrons. The highest BCUT2D eigenvalue weighted by atomic mass is 19.4. The lowest BCUT2D eigenvalue weighted by atomic mass is 10.0. The van der Waals surface area contributed by atoms with Crippen LogP contribution in [0.15, 0.2) is 61.1 Å². The zero-order chi connectivity index (χ0) is 20.6. The van der Waals surface area contributed by atoms with Gasteiger partial charge < -0.3 is 5.32 Å². The van der Waals surface area contributed by atoms with Crippen LogP contribution in [0.1, 0.15) is 21.6 Å². The number of nitrogens with one attached hydrogen (secondary N) is 1. The average Bonchev–Trinajstić information content (AvgIpc) is 3.09. The van der Waals surface area contributed by atoms with Crippen molar-refractivity contribution in [3.8, 4) is 11.3 Å². The fraction of sp³-hybridized carbons (Fsp3) is 0.100. The van der Waals surface area contributed by atoms with Crippen LogP contribution in [0.2, 0.25) is 0 Å². The van der Waals surface area contributed by atoms with Crippen molar-refractivity contribution in [2.75, 3.05) is 5.32 Å². The van der Waals surface area contributed by atoms with E-state index in [1.165, 1.54) is 47.4 Å². The largest absolute Gasteiger partial charge is 0.417 e. The number of aromatic nitrogens is 4. The lowest BCUT2D eigenvalue weighted by molar-refractivity contribution is -0.137. The molecule has 0 aliphatic heterocycles. The summed E-state index contributed by atoms with van der Waals surface area (Å²) in [7, 11) is 0. The van der Waals surface area contributed by atoms with Gasteiger partial charge in [-0.05, 0) is 30.7 Å². The van der Waals surface area contributed by atoms with Gasteiger partial charge in [-0.1, -0.05) is 24.3 Å². The number of hydrogen-bond donors (Lipinski definition) is 1. The number of fused-ring (bicyclic) bond motifs is 1. The molecule has 0 aliphatic carbocycles. The summed E-state index contributed by atoms with van der Waals surface area (Å²) in [6.45, 7) is 1.75. The van der Waals surface area contributed by atoms with Gasteiger partial charge in [-0.3, -0.25) is 9.78 Å². The van der Waals surface area contributed by atoms with Crippen molar-refractivity contribution in [1.29, 1.82) is 0 Å². The molecule has 0 spiro atoms. The Morgan fingerprint density at radius 2 is 1.90 bits per heavy atom. The van der Waals surface area contributed by atoms with Crippen LogP contribution in [0.25, 0.3) is 16.9 Å². The molecule has 0 unspecified atom stereocenters. The standard InChI is InChI=1S/C20H14F3N5O/c1-12-5-4-9-24-17(12)19(29)27-16-11-25-28-10-8-15(26-18(16)28)13-6-2-3-7-14(13)20(21,22)23/h2-11H,1H3,(H,27,29). The summed E-state index contributed by atoms with van der Waals surface area (Å²) >= 11 is 0. The van der Waals surface area contributed by atoms with E-state index < -0.39 is 17.6 Å². The summed E-state index contributed by atoms with van der Waals surface area (Å²) in [6.07, 6.45) is -0.134. The summed E-state index contributed by atoms with van der Waals surface area (Å²) in [5.74, 6) is -0.458. The molecular formula is C20H14F3N5O. The Hall–Kier alpha value is -3.75. The molecular weight excluding hydrogens is 383 g/mol. The molecule has 3 heterocycles. The fourth-order valence-electron chi connectivity index (χ4n) is 2.97. The number of hydrogen-bond acceptors (Lipinski definition) is 4. The average molecular weight is 397 g/mol. The number of halogens is 3. The van der Waals surface area contributed by atoms with Crippen LogP contribution in [0.3, 0.4) is 0 Å². The molecule has 3 aromatic heterocycles. The molecule has 1 aromatic carbocycles. The maximum Gasteiger partial charge on any atom is 0.417 e. The van der Waals surface area contributed by atoms with Crippen LogP contribution < -0.4 is 5.32 Å². The van der Waals surface area contributed by atoms with Crippen molar-refractivity contribution < 1.29 is 18.0 Å². The molecule has 0 saturated carbocycles. The van der Waals surface area contributed by atoms with E-state index in [2.05, 4.69) is 20.4 Å². The van der Waals surface area contributed by atoms with Gasteiger partial charge >= 0.3 is 6.18 Å². The smallest absolute Gasteiger partial charge is 0.316 e. The Balaban J connectivity index is 1.75. The van der Waals surface area contributed by atoms with Crippen LogP contribution in [-0.2, 0) is 6.18 Å². The number of carbonyl (C=O) groups is 1. The SMILES string of the molecule is Cc1cccnc1C(=O)Nc1cnn2ccc(-c3ccccc3C(F)(F)F)nc12. The van der Waals surface area contributed by atoms with E-state index in [0.29, 0.717) is 5.56 Å². The number of nitrogens with zero attached hydrogens (tertiary/aromatic N) is 4. The number of aryl methyl sites for hydroxylation is 1. The van der Waals surface area contributed by atoms with E-state index in [1.807, 2.05) is 0 Å². The molecule has 6 nitrogen and oxygen atoms in total. The first kappa shape index (κ1) is 18.6. The van der Waals surface area contributed by atoms with Gasteiger partial charge in [0.05, 0.1) is 17.5 Å². The van der Waals surface area contributed by atoms with Gasteiger partial charge in [0.15, 0.2) is 5.65 Å². The molecule has 29 heavy (non-hydrogen) atoms. The third-order valence-corrected chi connectivity index (χ3v) is 4.35. The van der Waals surface area contributed by atoms with Crippen molar-refractivity contribution in [1.82, 2.24) is 19.6 Å². The molecule has 146 valence electrons. The predicted molar refractivity (Wildman–Crippen MR) is 100 cm³/mol. The Bertz CT molecular complexity index is 1220. The molecule has 0 fully saturated rings. The highest BCUT2D eigenvalue weighted by Gasteiger charge is 2.33. The molecule has 1 amide bonds. The Morgan fingerprint density at radius 1 is 1.10 bits per heavy atom. The van der Waals surface area contributed by atoms with E-state index in [9.17, 15) is 18.0 Å². The van der Waals surface area contributed by atoms with Crippen LogP contribution in [-0.4, -0.2) is 25.5 Å². The molecule has 4 rings (SSSR count). The first-order valence-electron chi connectivity index (χ1n) is 8.58. The third-order valence-electron chi connectivity index (χ3n) is 4.35. The molecule has 9 heteroatoms. The molecule has 4 aromatic rings. The molecule has 1 N–H and O–H groups in total. The maximum atomic E-state index is 13.4. The zero-order valence-electron chi connectivity index (χ0n) is 15.1. The monoisotopic (exact) mass is 397 g/mol. The second-order valence-electron chi connectivity index (χ2n) is 6.31. The van der Waals surface area contributed by atoms with Crippen molar-refractivity contribution >= 4 is 17.2 Å². The second kappa shape index (κ2) is 7.01. The quantitative estimate of drug-likeness (QED) is 0.557. The lowest BCUT2D eigenvalue weighted by Gasteiger charge is -2.12. The predicted octanol–water partition coefficient (Wildman–Crippen LogP) is 4.37. The van der Waals surface area contributed by atoms with Crippen molar-refractivity contribution in [3.05, 3.63) is 77.9 Å². The van der Waals surface area contributed by atoms with E-state index >= 15 is 0 Å². The summed E-state index contributed by atoms with van der Waals surface area (Å²) in [4.78, 5) is 20.9. The Labute approximate surface area is 163 Å². The number of carbonyl (C=O) groups excluding carboxylic acids is 1. The van der Waals surface area contributed by atoms with Crippen molar-refractivity contribution in [3.63, 3.8) is 0 Å². The number of pyridine rings is 1. The van der Waals surface area contributed by atoms with Gasteiger partial charge in [0.2, 0.25) is 0 Å². The fourth-order valence-corrected chi connectivity index (χ4v) is 2.97.